The van der Waals surface area contributed by atoms with E-state index in [2.05, 4.69) is 5.32 Å². The van der Waals surface area contributed by atoms with E-state index in [9.17, 15) is 4.79 Å². The molecule has 1 aromatic rings. The van der Waals surface area contributed by atoms with E-state index >= 15 is 0 Å². The van der Waals surface area contributed by atoms with Crippen LogP contribution in [0.2, 0.25) is 0 Å². The van der Waals surface area contributed by atoms with Gasteiger partial charge in [-0.25, -0.2) is 0 Å². The van der Waals surface area contributed by atoms with Gasteiger partial charge in [-0.1, -0.05) is 6.07 Å². The maximum absolute atomic E-state index is 11.6. The van der Waals surface area contributed by atoms with Gasteiger partial charge < -0.3 is 14.8 Å². The number of benzene rings is 1. The fraction of sp³-hybridized carbons (Fsp3) is 0.308. The number of fused-ring (bicyclic) bond motifs is 1. The number of nitrogens with one attached hydrogen (secondary N) is 1. The number of amides is 1. The minimum atomic E-state index is 0.0360. The molecule has 0 unspecified atom stereocenters. The quantitative estimate of drug-likeness (QED) is 0.748. The Morgan fingerprint density at radius 3 is 3.00 bits per heavy atom. The van der Waals surface area contributed by atoms with Crippen LogP contribution in [0.4, 0.5) is 0 Å². The van der Waals surface area contributed by atoms with E-state index in [1.54, 1.807) is 0 Å². The Morgan fingerprint density at radius 2 is 2.12 bits per heavy atom. The van der Waals surface area contributed by atoms with E-state index in [1.807, 2.05) is 24.3 Å². The van der Waals surface area contributed by atoms with Gasteiger partial charge in [-0.3, -0.25) is 4.79 Å². The summed E-state index contributed by atoms with van der Waals surface area (Å²) in [4.78, 5) is 11.6. The standard InChI is InChI=1S/C13H13NO3/c15-13-10(2-1-5-14-13)6-9-3-4-11-12(7-9)17-8-16-11/h3-4,6-7H,1-2,5,8H2,(H,14,15)/b10-6-. The van der Waals surface area contributed by atoms with Gasteiger partial charge in [-0.2, -0.15) is 0 Å². The van der Waals surface area contributed by atoms with Crippen LogP contribution in [0, 0.1) is 0 Å². The zero-order chi connectivity index (χ0) is 11.7. The van der Waals surface area contributed by atoms with Gasteiger partial charge in [0.25, 0.3) is 0 Å². The zero-order valence-electron chi connectivity index (χ0n) is 9.36. The Morgan fingerprint density at radius 1 is 1.24 bits per heavy atom. The molecule has 4 nitrogen and oxygen atoms in total. The van der Waals surface area contributed by atoms with Crippen molar-refractivity contribution in [3.05, 3.63) is 29.3 Å². The summed E-state index contributed by atoms with van der Waals surface area (Å²) >= 11 is 0. The Kier molecular flexibility index (Phi) is 2.48. The molecule has 0 bridgehead atoms. The lowest BCUT2D eigenvalue weighted by Crippen LogP contribution is -2.30. The van der Waals surface area contributed by atoms with E-state index in [4.69, 9.17) is 9.47 Å². The van der Waals surface area contributed by atoms with E-state index in [-0.39, 0.29) is 12.7 Å². The molecule has 2 aliphatic rings. The summed E-state index contributed by atoms with van der Waals surface area (Å²) in [6.45, 7) is 1.05. The average molecular weight is 231 g/mol. The van der Waals surface area contributed by atoms with Crippen LogP contribution in [-0.4, -0.2) is 19.2 Å². The Bertz CT molecular complexity index is 493. The van der Waals surface area contributed by atoms with Crippen molar-refractivity contribution in [3.8, 4) is 11.5 Å². The monoisotopic (exact) mass is 231 g/mol. The third-order valence-electron chi connectivity index (χ3n) is 2.94. The van der Waals surface area contributed by atoms with Gasteiger partial charge in [0.2, 0.25) is 12.7 Å². The number of rotatable bonds is 1. The van der Waals surface area contributed by atoms with Gasteiger partial charge >= 0.3 is 0 Å². The number of piperidine rings is 1. The van der Waals surface area contributed by atoms with Crippen molar-refractivity contribution in [1.29, 1.82) is 0 Å². The third kappa shape index (κ3) is 1.98. The van der Waals surface area contributed by atoms with Gasteiger partial charge in [0.05, 0.1) is 0 Å². The van der Waals surface area contributed by atoms with E-state index in [1.165, 1.54) is 0 Å². The van der Waals surface area contributed by atoms with E-state index in [0.29, 0.717) is 0 Å². The maximum atomic E-state index is 11.6. The average Bonchev–Trinajstić information content (AvgIpc) is 2.79. The molecule has 1 amide bonds. The number of hydrogen-bond acceptors (Lipinski definition) is 3. The van der Waals surface area contributed by atoms with Gasteiger partial charge in [-0.05, 0) is 36.6 Å². The molecule has 1 N–H and O–H groups in total. The van der Waals surface area contributed by atoms with Crippen LogP contribution in [0.3, 0.4) is 0 Å². The molecule has 2 aliphatic heterocycles. The highest BCUT2D eigenvalue weighted by Gasteiger charge is 2.16. The van der Waals surface area contributed by atoms with Crippen LogP contribution >= 0.6 is 0 Å². The predicted octanol–water partition coefficient (Wildman–Crippen LogP) is 1.71. The van der Waals surface area contributed by atoms with E-state index in [0.717, 1.165) is 42.0 Å². The molecule has 0 saturated carbocycles. The van der Waals surface area contributed by atoms with Crippen LogP contribution in [0.15, 0.2) is 23.8 Å². The highest BCUT2D eigenvalue weighted by molar-refractivity contribution is 5.98. The molecule has 1 saturated heterocycles. The first kappa shape index (κ1) is 10.2. The summed E-state index contributed by atoms with van der Waals surface area (Å²) in [6.07, 6.45) is 3.75. The molecule has 0 aromatic heterocycles. The number of hydrogen-bond donors (Lipinski definition) is 1. The minimum Gasteiger partial charge on any atom is -0.454 e. The van der Waals surface area contributed by atoms with Crippen molar-refractivity contribution in [2.24, 2.45) is 0 Å². The van der Waals surface area contributed by atoms with Crippen molar-refractivity contribution in [3.63, 3.8) is 0 Å². The normalized spacial score (nSPS) is 20.5. The first-order valence-electron chi connectivity index (χ1n) is 5.71. The van der Waals surface area contributed by atoms with Crippen molar-refractivity contribution < 1.29 is 14.3 Å². The van der Waals surface area contributed by atoms with Crippen LogP contribution in [0.5, 0.6) is 11.5 Å². The molecule has 0 atom stereocenters. The second-order valence-electron chi connectivity index (χ2n) is 4.14. The molecule has 2 heterocycles. The second-order valence-corrected chi connectivity index (χ2v) is 4.14. The summed E-state index contributed by atoms with van der Waals surface area (Å²) in [5, 5.41) is 2.84. The summed E-state index contributed by atoms with van der Waals surface area (Å²) in [7, 11) is 0. The highest BCUT2D eigenvalue weighted by atomic mass is 16.7. The van der Waals surface area contributed by atoms with Gasteiger partial charge in [0, 0.05) is 12.1 Å². The van der Waals surface area contributed by atoms with Crippen molar-refractivity contribution in [2.75, 3.05) is 13.3 Å². The second kappa shape index (κ2) is 4.13. The molecule has 0 spiro atoms. The number of ether oxygens (including phenoxy) is 2. The summed E-state index contributed by atoms with van der Waals surface area (Å²) < 4.78 is 10.5. The molecule has 17 heavy (non-hydrogen) atoms. The molecular weight excluding hydrogens is 218 g/mol. The summed E-state index contributed by atoms with van der Waals surface area (Å²) in [5.74, 6) is 1.55. The van der Waals surface area contributed by atoms with Crippen molar-refractivity contribution >= 4 is 12.0 Å². The Hall–Kier alpha value is -1.97. The number of carbonyl (C=O) groups excluding carboxylic acids is 1. The topological polar surface area (TPSA) is 47.6 Å². The first-order chi connectivity index (χ1) is 8.33. The van der Waals surface area contributed by atoms with Crippen LogP contribution in [0.1, 0.15) is 18.4 Å². The third-order valence-corrected chi connectivity index (χ3v) is 2.94. The molecular formula is C13H13NO3. The highest BCUT2D eigenvalue weighted by Crippen LogP contribution is 2.33. The molecule has 4 heteroatoms. The molecule has 3 rings (SSSR count). The number of carbonyl (C=O) groups is 1. The van der Waals surface area contributed by atoms with Gasteiger partial charge in [0.15, 0.2) is 11.5 Å². The Labute approximate surface area is 99.2 Å². The van der Waals surface area contributed by atoms with Crippen molar-refractivity contribution in [2.45, 2.75) is 12.8 Å². The lowest BCUT2D eigenvalue weighted by atomic mass is 10.0. The molecule has 88 valence electrons. The zero-order valence-corrected chi connectivity index (χ0v) is 9.36. The summed E-state index contributed by atoms with van der Waals surface area (Å²) in [5.41, 5.74) is 1.80. The largest absolute Gasteiger partial charge is 0.454 e. The van der Waals surface area contributed by atoms with Crippen molar-refractivity contribution in [1.82, 2.24) is 5.32 Å². The summed E-state index contributed by atoms with van der Waals surface area (Å²) in [6, 6.07) is 5.70. The lowest BCUT2D eigenvalue weighted by Gasteiger charge is -2.14. The molecule has 1 aromatic carbocycles. The Balaban J connectivity index is 1.89. The van der Waals surface area contributed by atoms with Crippen LogP contribution in [0.25, 0.3) is 6.08 Å². The fourth-order valence-electron chi connectivity index (χ4n) is 2.05. The van der Waals surface area contributed by atoms with Crippen LogP contribution in [-0.2, 0) is 4.79 Å². The lowest BCUT2D eigenvalue weighted by molar-refractivity contribution is -0.118. The van der Waals surface area contributed by atoms with E-state index < -0.39 is 0 Å². The fourth-order valence-corrected chi connectivity index (χ4v) is 2.05. The first-order valence-corrected chi connectivity index (χ1v) is 5.71. The van der Waals surface area contributed by atoms with Gasteiger partial charge in [0.1, 0.15) is 0 Å². The molecule has 0 aliphatic carbocycles. The van der Waals surface area contributed by atoms with Gasteiger partial charge in [-0.15, -0.1) is 0 Å². The SMILES string of the molecule is O=C1NCCC/C1=C/c1ccc2c(c1)OCO2. The van der Waals surface area contributed by atoms with Crippen LogP contribution < -0.4 is 14.8 Å². The minimum absolute atomic E-state index is 0.0360. The smallest absolute Gasteiger partial charge is 0.247 e. The molecule has 1 fully saturated rings. The molecule has 0 radical (unpaired) electrons. The maximum Gasteiger partial charge on any atom is 0.247 e. The predicted molar refractivity (Wildman–Crippen MR) is 62.8 cm³/mol.